The van der Waals surface area contributed by atoms with Crippen molar-refractivity contribution < 1.29 is 14.6 Å². The second kappa shape index (κ2) is 8.17. The number of rotatable bonds is 6. The van der Waals surface area contributed by atoms with E-state index in [9.17, 15) is 10.2 Å². The minimum Gasteiger partial charge on any atom is -0.408 e. The van der Waals surface area contributed by atoms with E-state index in [1.807, 2.05) is 6.92 Å². The van der Waals surface area contributed by atoms with Gasteiger partial charge in [0.15, 0.2) is 8.32 Å². The van der Waals surface area contributed by atoms with Crippen LogP contribution in [-0.4, -0.2) is 36.3 Å². The molecule has 2 N–H and O–H groups in total. The van der Waals surface area contributed by atoms with Gasteiger partial charge in [0.2, 0.25) is 0 Å². The molecule has 1 fully saturated rings. The van der Waals surface area contributed by atoms with Crippen molar-refractivity contribution in [1.29, 1.82) is 0 Å². The Morgan fingerprint density at radius 2 is 1.73 bits per heavy atom. The normalized spacial score (nSPS) is 34.3. The second-order valence-electron chi connectivity index (χ2n) is 12.7. The summed E-state index contributed by atoms with van der Waals surface area (Å²) in [6.07, 6.45) is 5.76. The van der Waals surface area contributed by atoms with Crippen molar-refractivity contribution in [3.05, 3.63) is 23.8 Å². The van der Waals surface area contributed by atoms with Crippen molar-refractivity contribution in [3.63, 3.8) is 0 Å². The highest BCUT2D eigenvalue weighted by atomic mass is 28.4. The summed E-state index contributed by atoms with van der Waals surface area (Å²) in [5.41, 5.74) is 1.71. The van der Waals surface area contributed by atoms with E-state index in [1.165, 1.54) is 17.6 Å². The van der Waals surface area contributed by atoms with Crippen molar-refractivity contribution in [2.75, 3.05) is 0 Å². The van der Waals surface area contributed by atoms with Gasteiger partial charge >= 0.3 is 0 Å². The van der Waals surface area contributed by atoms with Gasteiger partial charge < -0.3 is 14.6 Å². The summed E-state index contributed by atoms with van der Waals surface area (Å²) in [6, 6.07) is 0. The highest BCUT2D eigenvalue weighted by molar-refractivity contribution is 6.74. The Morgan fingerprint density at radius 1 is 1.17 bits per heavy atom. The molecule has 0 saturated heterocycles. The van der Waals surface area contributed by atoms with Crippen LogP contribution in [0.1, 0.15) is 87.5 Å². The molecule has 30 heavy (non-hydrogen) atoms. The van der Waals surface area contributed by atoms with Crippen molar-refractivity contribution in [2.24, 2.45) is 16.7 Å². The molecule has 1 saturated carbocycles. The van der Waals surface area contributed by atoms with E-state index in [0.717, 1.165) is 19.3 Å². The minimum absolute atomic E-state index is 0.0500. The molecule has 2 aliphatic carbocycles. The molecule has 2 aliphatic rings. The third-order valence-electron chi connectivity index (χ3n) is 8.84. The average Bonchev–Trinajstić information content (AvgIpc) is 2.56. The zero-order chi connectivity index (χ0) is 23.3. The molecule has 0 aromatic carbocycles. The number of hydrogen-bond donors (Lipinski definition) is 2. The third kappa shape index (κ3) is 4.67. The summed E-state index contributed by atoms with van der Waals surface area (Å²) in [5, 5.41) is 22.5. The van der Waals surface area contributed by atoms with Gasteiger partial charge in [-0.05, 0) is 74.1 Å². The Labute approximate surface area is 187 Å². The fraction of sp³-hybridized carbons (Fsp3) is 0.846. The lowest BCUT2D eigenvalue weighted by atomic mass is 9.48. The maximum absolute atomic E-state index is 11.8. The van der Waals surface area contributed by atoms with E-state index in [1.54, 1.807) is 6.08 Å². The first-order chi connectivity index (χ1) is 13.4. The van der Waals surface area contributed by atoms with Gasteiger partial charge in [0.05, 0.1) is 17.8 Å². The van der Waals surface area contributed by atoms with Crippen LogP contribution in [-0.2, 0) is 4.43 Å². The molecular weight excluding hydrogens is 388 g/mol. The molecule has 0 aliphatic heterocycles. The lowest BCUT2D eigenvalue weighted by molar-refractivity contribution is -0.113. The Hall–Kier alpha value is -0.423. The maximum Gasteiger partial charge on any atom is 0.193 e. The van der Waals surface area contributed by atoms with Crippen molar-refractivity contribution in [2.45, 2.75) is 123 Å². The molecule has 2 rings (SSSR count). The molecule has 0 bridgehead atoms. The van der Waals surface area contributed by atoms with Gasteiger partial charge in [-0.15, -0.1) is 6.58 Å². The lowest BCUT2D eigenvalue weighted by Gasteiger charge is -2.59. The van der Waals surface area contributed by atoms with Gasteiger partial charge in [-0.2, -0.15) is 0 Å². The quantitative estimate of drug-likeness (QED) is 0.363. The van der Waals surface area contributed by atoms with E-state index in [0.29, 0.717) is 6.42 Å². The van der Waals surface area contributed by atoms with Crippen LogP contribution in [0.3, 0.4) is 0 Å². The molecule has 5 atom stereocenters. The molecule has 0 radical (unpaired) electrons. The zero-order valence-corrected chi connectivity index (χ0v) is 22.4. The van der Waals surface area contributed by atoms with Crippen LogP contribution >= 0.6 is 0 Å². The SMILES string of the molecule is C=C[C@@](C)(O)CCC1=C(C)[C@H](O[Si](C)(C)C(C)(C)C)[C@@H](O)[C@H]2C(C)(C)CCC[C@]12C. The highest BCUT2D eigenvalue weighted by Crippen LogP contribution is 2.61. The smallest absolute Gasteiger partial charge is 0.193 e. The van der Waals surface area contributed by atoms with Gasteiger partial charge in [-0.3, -0.25) is 0 Å². The molecule has 3 nitrogen and oxygen atoms in total. The van der Waals surface area contributed by atoms with Crippen LogP contribution in [0.15, 0.2) is 23.8 Å². The van der Waals surface area contributed by atoms with E-state index >= 15 is 0 Å². The van der Waals surface area contributed by atoms with Crippen LogP contribution < -0.4 is 0 Å². The molecular formula is C26H48O3Si. The van der Waals surface area contributed by atoms with Crippen molar-refractivity contribution in [1.82, 2.24) is 0 Å². The first-order valence-corrected chi connectivity index (χ1v) is 14.7. The zero-order valence-electron chi connectivity index (χ0n) is 21.4. The van der Waals surface area contributed by atoms with Gasteiger partial charge in [-0.25, -0.2) is 0 Å². The van der Waals surface area contributed by atoms with Gasteiger partial charge in [-0.1, -0.05) is 59.6 Å². The summed E-state index contributed by atoms with van der Waals surface area (Å²) in [6.45, 7) is 26.1. The largest absolute Gasteiger partial charge is 0.408 e. The lowest BCUT2D eigenvalue weighted by Crippen LogP contribution is -2.59. The summed E-state index contributed by atoms with van der Waals surface area (Å²) in [5.74, 6) is 0.154. The molecule has 4 heteroatoms. The summed E-state index contributed by atoms with van der Waals surface area (Å²) in [7, 11) is -2.06. The number of fused-ring (bicyclic) bond motifs is 1. The Kier molecular flexibility index (Phi) is 7.04. The average molecular weight is 437 g/mol. The first kappa shape index (κ1) is 25.8. The van der Waals surface area contributed by atoms with Crippen LogP contribution in [0.4, 0.5) is 0 Å². The standard InChI is InChI=1S/C26H48O3Si/c1-12-25(8,28)17-14-19-18(2)21(29-30(10,11)23(3,4)5)20(27)22-24(6,7)15-13-16-26(19,22)9/h12,20-22,27-28H,1,13-17H2,2-11H3/t20-,21+,22+,25-,26-/m1/s1. The molecule has 0 aromatic rings. The van der Waals surface area contributed by atoms with Crippen LogP contribution in [0.5, 0.6) is 0 Å². The number of hydrogen-bond acceptors (Lipinski definition) is 3. The molecule has 0 unspecified atom stereocenters. The number of aliphatic hydroxyl groups excluding tert-OH is 1. The third-order valence-corrected chi connectivity index (χ3v) is 13.3. The molecule has 174 valence electrons. The number of allylic oxidation sites excluding steroid dienone is 1. The van der Waals surface area contributed by atoms with E-state index < -0.39 is 20.0 Å². The van der Waals surface area contributed by atoms with Crippen LogP contribution in [0.25, 0.3) is 0 Å². The van der Waals surface area contributed by atoms with Crippen molar-refractivity contribution in [3.8, 4) is 0 Å². The maximum atomic E-state index is 11.8. The predicted molar refractivity (Wildman–Crippen MR) is 130 cm³/mol. The number of aliphatic hydroxyl groups is 2. The van der Waals surface area contributed by atoms with E-state index in [-0.39, 0.29) is 27.9 Å². The van der Waals surface area contributed by atoms with Crippen molar-refractivity contribution >= 4 is 8.32 Å². The first-order valence-electron chi connectivity index (χ1n) is 11.8. The molecule has 0 spiro atoms. The Bertz CT molecular complexity index is 683. The van der Waals surface area contributed by atoms with Gasteiger partial charge in [0.25, 0.3) is 0 Å². The van der Waals surface area contributed by atoms with Gasteiger partial charge in [0.1, 0.15) is 0 Å². The molecule has 0 amide bonds. The highest BCUT2D eigenvalue weighted by Gasteiger charge is 2.57. The summed E-state index contributed by atoms with van der Waals surface area (Å²) in [4.78, 5) is 0. The topological polar surface area (TPSA) is 49.7 Å². The fourth-order valence-corrected chi connectivity index (χ4v) is 7.24. The Balaban J connectivity index is 2.58. The second-order valence-corrected chi connectivity index (χ2v) is 17.5. The summed E-state index contributed by atoms with van der Waals surface area (Å²) < 4.78 is 6.89. The van der Waals surface area contributed by atoms with E-state index in [2.05, 4.69) is 68.1 Å². The van der Waals surface area contributed by atoms with Crippen LogP contribution in [0, 0.1) is 16.7 Å². The minimum atomic E-state index is -2.06. The molecule has 0 aromatic heterocycles. The summed E-state index contributed by atoms with van der Waals surface area (Å²) >= 11 is 0. The van der Waals surface area contributed by atoms with Gasteiger partial charge in [0, 0.05) is 5.92 Å². The fourth-order valence-electron chi connectivity index (χ4n) is 5.93. The Morgan fingerprint density at radius 3 is 2.23 bits per heavy atom. The predicted octanol–water partition coefficient (Wildman–Crippen LogP) is 6.62. The van der Waals surface area contributed by atoms with Crippen LogP contribution in [0.2, 0.25) is 18.1 Å². The monoisotopic (exact) mass is 436 g/mol. The van der Waals surface area contributed by atoms with E-state index in [4.69, 9.17) is 4.43 Å². The molecule has 0 heterocycles.